The van der Waals surface area contributed by atoms with E-state index in [1.165, 1.54) is 0 Å². The Morgan fingerprint density at radius 3 is 2.10 bits per heavy atom. The third-order valence-electron chi connectivity index (χ3n) is 4.57. The molecule has 29 heavy (non-hydrogen) atoms. The van der Waals surface area contributed by atoms with Gasteiger partial charge >= 0.3 is 0 Å². The molecule has 2 aromatic rings. The molecule has 0 radical (unpaired) electrons. The number of amides is 2. The van der Waals surface area contributed by atoms with Crippen LogP contribution in [0.3, 0.4) is 0 Å². The van der Waals surface area contributed by atoms with E-state index in [2.05, 4.69) is 10.6 Å². The summed E-state index contributed by atoms with van der Waals surface area (Å²) in [6, 6.07) is 13.0. The van der Waals surface area contributed by atoms with Gasteiger partial charge in [-0.15, -0.1) is 0 Å². The van der Waals surface area contributed by atoms with Gasteiger partial charge in [-0.2, -0.15) is 0 Å². The predicted octanol–water partition coefficient (Wildman–Crippen LogP) is 2.89. The first-order chi connectivity index (χ1) is 13.8. The van der Waals surface area contributed by atoms with Crippen molar-refractivity contribution >= 4 is 17.6 Å². The van der Waals surface area contributed by atoms with Crippen molar-refractivity contribution in [2.24, 2.45) is 0 Å². The zero-order chi connectivity index (χ0) is 21.2. The van der Waals surface area contributed by atoms with E-state index in [-0.39, 0.29) is 37.0 Å². The van der Waals surface area contributed by atoms with Crippen LogP contribution in [-0.4, -0.2) is 37.3 Å². The van der Waals surface area contributed by atoms with Crippen molar-refractivity contribution < 1.29 is 19.1 Å². The first kappa shape index (κ1) is 22.1. The van der Waals surface area contributed by atoms with Gasteiger partial charge in [0.15, 0.2) is 12.4 Å². The first-order valence-corrected chi connectivity index (χ1v) is 9.68. The van der Waals surface area contributed by atoms with E-state index in [9.17, 15) is 14.4 Å². The quantitative estimate of drug-likeness (QED) is 0.478. The molecule has 0 heterocycles. The summed E-state index contributed by atoms with van der Waals surface area (Å²) in [5, 5.41) is 5.38. The monoisotopic (exact) mass is 396 g/mol. The van der Waals surface area contributed by atoms with Crippen LogP contribution < -0.4 is 15.4 Å². The fourth-order valence-electron chi connectivity index (χ4n) is 2.61. The summed E-state index contributed by atoms with van der Waals surface area (Å²) in [6.45, 7) is 6.47. The van der Waals surface area contributed by atoms with Crippen LogP contribution in [0.15, 0.2) is 42.5 Å². The van der Waals surface area contributed by atoms with Gasteiger partial charge in [0.25, 0.3) is 5.91 Å². The highest BCUT2D eigenvalue weighted by Gasteiger charge is 2.09. The van der Waals surface area contributed by atoms with Crippen molar-refractivity contribution in [1.82, 2.24) is 10.6 Å². The van der Waals surface area contributed by atoms with E-state index in [1.807, 2.05) is 51.1 Å². The summed E-state index contributed by atoms with van der Waals surface area (Å²) >= 11 is 0. The predicted molar refractivity (Wildman–Crippen MR) is 112 cm³/mol. The lowest BCUT2D eigenvalue weighted by Gasteiger charge is -2.09. The summed E-state index contributed by atoms with van der Waals surface area (Å²) in [7, 11) is 0. The van der Waals surface area contributed by atoms with Crippen LogP contribution in [0.1, 0.15) is 39.9 Å². The lowest BCUT2D eigenvalue weighted by Crippen LogP contribution is -2.36. The van der Waals surface area contributed by atoms with Crippen LogP contribution in [-0.2, 0) is 9.59 Å². The summed E-state index contributed by atoms with van der Waals surface area (Å²) < 4.78 is 5.46. The van der Waals surface area contributed by atoms with Crippen molar-refractivity contribution in [2.45, 2.75) is 33.6 Å². The molecule has 0 aliphatic rings. The zero-order valence-electron chi connectivity index (χ0n) is 17.2. The number of Topliss-reactive ketones (excluding diaryl/α,β-unsaturated/α-hetero) is 1. The van der Waals surface area contributed by atoms with Gasteiger partial charge in [0.05, 0.1) is 0 Å². The van der Waals surface area contributed by atoms with Crippen LogP contribution in [0, 0.1) is 20.8 Å². The molecule has 0 saturated carbocycles. The Kier molecular flexibility index (Phi) is 8.40. The average molecular weight is 396 g/mol. The van der Waals surface area contributed by atoms with Crippen LogP contribution >= 0.6 is 0 Å². The summed E-state index contributed by atoms with van der Waals surface area (Å²) in [5.41, 5.74) is 3.96. The van der Waals surface area contributed by atoms with Gasteiger partial charge in [-0.1, -0.05) is 35.9 Å². The third kappa shape index (κ3) is 7.78. The molecule has 0 fully saturated rings. The number of hydrogen-bond donors (Lipinski definition) is 2. The standard InChI is InChI=1S/C23H28N2O4/c1-16-4-7-19(8-5-16)21(26)10-11-22(27)24-12-13-25-23(28)15-29-20-9-6-17(2)18(3)14-20/h4-9,14H,10-13,15H2,1-3H3,(H,24,27)(H,25,28). The van der Waals surface area contributed by atoms with E-state index in [0.717, 1.165) is 16.7 Å². The number of carbonyl (C=O) groups is 3. The minimum absolute atomic E-state index is 0.0584. The van der Waals surface area contributed by atoms with Gasteiger partial charge in [-0.25, -0.2) is 0 Å². The smallest absolute Gasteiger partial charge is 0.258 e. The molecule has 2 aromatic carbocycles. The Hall–Kier alpha value is -3.15. The van der Waals surface area contributed by atoms with Crippen molar-refractivity contribution in [3.8, 4) is 5.75 Å². The number of benzene rings is 2. The molecule has 154 valence electrons. The number of hydrogen-bond acceptors (Lipinski definition) is 4. The molecular formula is C23H28N2O4. The summed E-state index contributed by atoms with van der Waals surface area (Å²) in [4.78, 5) is 35.7. The van der Waals surface area contributed by atoms with E-state index >= 15 is 0 Å². The largest absolute Gasteiger partial charge is 0.484 e. The minimum Gasteiger partial charge on any atom is -0.484 e. The molecule has 6 heteroatoms. The highest BCUT2D eigenvalue weighted by molar-refractivity contribution is 5.97. The second-order valence-electron chi connectivity index (χ2n) is 7.02. The lowest BCUT2D eigenvalue weighted by molar-refractivity contribution is -0.124. The van der Waals surface area contributed by atoms with Crippen LogP contribution in [0.5, 0.6) is 5.75 Å². The molecule has 2 rings (SSSR count). The molecule has 2 N–H and O–H groups in total. The second kappa shape index (κ2) is 11.0. The number of ketones is 1. The van der Waals surface area contributed by atoms with E-state index in [0.29, 0.717) is 24.4 Å². The summed E-state index contributed by atoms with van der Waals surface area (Å²) in [6.07, 6.45) is 0.279. The molecule has 0 aliphatic heterocycles. The Labute approximate surface area is 171 Å². The van der Waals surface area contributed by atoms with Crippen molar-refractivity contribution in [1.29, 1.82) is 0 Å². The van der Waals surface area contributed by atoms with Crippen molar-refractivity contribution in [2.75, 3.05) is 19.7 Å². The number of carbonyl (C=O) groups excluding carboxylic acids is 3. The number of nitrogens with one attached hydrogen (secondary N) is 2. The minimum atomic E-state index is -0.257. The SMILES string of the molecule is Cc1ccc(C(=O)CCC(=O)NCCNC(=O)COc2ccc(C)c(C)c2)cc1. The maximum atomic E-state index is 12.1. The van der Waals surface area contributed by atoms with Gasteiger partial charge in [0.1, 0.15) is 5.75 Å². The van der Waals surface area contributed by atoms with Gasteiger partial charge < -0.3 is 15.4 Å². The molecule has 0 bridgehead atoms. The van der Waals surface area contributed by atoms with E-state index in [1.54, 1.807) is 12.1 Å². The fourth-order valence-corrected chi connectivity index (χ4v) is 2.61. The first-order valence-electron chi connectivity index (χ1n) is 9.68. The maximum absolute atomic E-state index is 12.1. The Bertz CT molecular complexity index is 860. The molecule has 0 saturated heterocycles. The molecule has 0 aromatic heterocycles. The number of ether oxygens (including phenoxy) is 1. The molecule has 0 aliphatic carbocycles. The molecule has 0 spiro atoms. The molecule has 6 nitrogen and oxygen atoms in total. The Morgan fingerprint density at radius 2 is 1.45 bits per heavy atom. The van der Waals surface area contributed by atoms with Crippen molar-refractivity contribution in [3.63, 3.8) is 0 Å². The topological polar surface area (TPSA) is 84.5 Å². The van der Waals surface area contributed by atoms with Crippen LogP contribution in [0.25, 0.3) is 0 Å². The average Bonchev–Trinajstić information content (AvgIpc) is 2.70. The molecule has 2 amide bonds. The highest BCUT2D eigenvalue weighted by Crippen LogP contribution is 2.16. The van der Waals surface area contributed by atoms with Crippen molar-refractivity contribution in [3.05, 3.63) is 64.7 Å². The number of rotatable bonds is 10. The van der Waals surface area contributed by atoms with Gasteiger partial charge in [-0.3, -0.25) is 14.4 Å². The molecule has 0 unspecified atom stereocenters. The van der Waals surface area contributed by atoms with Gasteiger partial charge in [0.2, 0.25) is 5.91 Å². The summed E-state index contributed by atoms with van der Waals surface area (Å²) in [5.74, 6) is 0.116. The zero-order valence-corrected chi connectivity index (χ0v) is 17.2. The Morgan fingerprint density at radius 1 is 0.793 bits per heavy atom. The van der Waals surface area contributed by atoms with Gasteiger partial charge in [-0.05, 0) is 44.0 Å². The fraction of sp³-hybridized carbons (Fsp3) is 0.348. The molecule has 0 atom stereocenters. The normalized spacial score (nSPS) is 10.3. The van der Waals surface area contributed by atoms with E-state index < -0.39 is 0 Å². The molecular weight excluding hydrogens is 368 g/mol. The lowest BCUT2D eigenvalue weighted by atomic mass is 10.1. The maximum Gasteiger partial charge on any atom is 0.258 e. The Balaban J connectivity index is 1.58. The number of aryl methyl sites for hydroxylation is 3. The second-order valence-corrected chi connectivity index (χ2v) is 7.02. The van der Waals surface area contributed by atoms with Crippen LogP contribution in [0.2, 0.25) is 0 Å². The van der Waals surface area contributed by atoms with E-state index in [4.69, 9.17) is 4.74 Å². The highest BCUT2D eigenvalue weighted by atomic mass is 16.5. The van der Waals surface area contributed by atoms with Crippen LogP contribution in [0.4, 0.5) is 0 Å². The third-order valence-corrected chi connectivity index (χ3v) is 4.57. The van der Waals surface area contributed by atoms with Gasteiger partial charge in [0, 0.05) is 31.5 Å².